The quantitative estimate of drug-likeness (QED) is 0.626. The predicted molar refractivity (Wildman–Crippen MR) is 66.7 cm³/mol. The molecular weight excluding hydrogens is 180 g/mol. The second-order valence-corrected chi connectivity index (χ2v) is 6.34. The van der Waals surface area contributed by atoms with E-state index in [2.05, 4.69) is 34.6 Å². The third kappa shape index (κ3) is 1.26. The summed E-state index contributed by atoms with van der Waals surface area (Å²) in [6.07, 6.45) is 5.82. The lowest BCUT2D eigenvalue weighted by Crippen LogP contribution is -2.66. The summed E-state index contributed by atoms with van der Waals surface area (Å²) in [6, 6.07) is 0. The molecule has 15 heavy (non-hydrogen) atoms. The zero-order chi connectivity index (χ0) is 11.2. The smallest absolute Gasteiger partial charge is 0.0207 e. The van der Waals surface area contributed by atoms with Gasteiger partial charge in [0.1, 0.15) is 0 Å². The van der Waals surface area contributed by atoms with E-state index in [9.17, 15) is 0 Å². The molecule has 0 nitrogen and oxygen atoms in total. The topological polar surface area (TPSA) is 0 Å². The van der Waals surface area contributed by atoms with Gasteiger partial charge in [-0.1, -0.05) is 47.5 Å². The van der Waals surface area contributed by atoms with Crippen molar-refractivity contribution < 1.29 is 0 Å². The average Bonchev–Trinajstić information content (AvgIpc) is 2.21. The molecule has 2 rings (SSSR count). The summed E-state index contributed by atoms with van der Waals surface area (Å²) in [5.74, 6) is 5.06. The molecule has 0 radical (unpaired) electrons. The predicted octanol–water partition coefficient (Wildman–Crippen LogP) is 4.74. The first-order valence-corrected chi connectivity index (χ1v) is 7.09. The van der Waals surface area contributed by atoms with E-state index in [1.54, 1.807) is 0 Å². The van der Waals surface area contributed by atoms with Crippen LogP contribution in [0.4, 0.5) is 0 Å². The molecule has 0 heterocycles. The molecule has 0 heteroatoms. The van der Waals surface area contributed by atoms with E-state index in [1.807, 2.05) is 0 Å². The van der Waals surface area contributed by atoms with Gasteiger partial charge in [0.05, 0.1) is 0 Å². The average molecular weight is 208 g/mol. The number of rotatable bonds is 4. The fraction of sp³-hybridized carbons (Fsp3) is 1.00. The summed E-state index contributed by atoms with van der Waals surface area (Å²) in [7, 11) is 0. The van der Waals surface area contributed by atoms with E-state index in [1.165, 1.54) is 25.7 Å². The molecule has 0 spiro atoms. The standard InChI is InChI=1S/C15H28/c1-6-10(3)14-12(5)13-8-9-15(13,14)11(4)7-2/h10-14H,6-9H2,1-5H3. The number of fused-ring (bicyclic) bond motifs is 1. The molecule has 0 amide bonds. The van der Waals surface area contributed by atoms with Crippen LogP contribution >= 0.6 is 0 Å². The summed E-state index contributed by atoms with van der Waals surface area (Å²) in [5.41, 5.74) is 0.781. The molecule has 2 fully saturated rings. The highest BCUT2D eigenvalue weighted by Gasteiger charge is 2.66. The molecule has 0 aromatic carbocycles. The van der Waals surface area contributed by atoms with Crippen LogP contribution in [0.25, 0.3) is 0 Å². The van der Waals surface area contributed by atoms with Crippen LogP contribution in [0.2, 0.25) is 0 Å². The molecule has 2 aliphatic carbocycles. The van der Waals surface area contributed by atoms with Gasteiger partial charge in [-0.2, -0.15) is 0 Å². The molecule has 2 aliphatic rings. The largest absolute Gasteiger partial charge is 0.0651 e. The molecule has 0 N–H and O–H groups in total. The van der Waals surface area contributed by atoms with Gasteiger partial charge in [-0.15, -0.1) is 0 Å². The van der Waals surface area contributed by atoms with Gasteiger partial charge in [-0.3, -0.25) is 0 Å². The Balaban J connectivity index is 2.16. The van der Waals surface area contributed by atoms with Gasteiger partial charge in [-0.25, -0.2) is 0 Å². The van der Waals surface area contributed by atoms with Crippen molar-refractivity contribution in [1.29, 1.82) is 0 Å². The molecule has 0 bridgehead atoms. The van der Waals surface area contributed by atoms with Crippen LogP contribution in [-0.4, -0.2) is 0 Å². The molecule has 6 unspecified atom stereocenters. The van der Waals surface area contributed by atoms with E-state index in [0.717, 1.165) is 35.0 Å². The minimum atomic E-state index is 0.781. The van der Waals surface area contributed by atoms with E-state index >= 15 is 0 Å². The van der Waals surface area contributed by atoms with Gasteiger partial charge >= 0.3 is 0 Å². The summed E-state index contributed by atoms with van der Waals surface area (Å²) >= 11 is 0. The van der Waals surface area contributed by atoms with Crippen molar-refractivity contribution in [3.05, 3.63) is 0 Å². The Labute approximate surface area is 95.8 Å². The Morgan fingerprint density at radius 3 is 2.27 bits per heavy atom. The fourth-order valence-electron chi connectivity index (χ4n) is 5.05. The van der Waals surface area contributed by atoms with Gasteiger partial charge in [-0.05, 0) is 47.8 Å². The summed E-state index contributed by atoms with van der Waals surface area (Å²) in [5, 5.41) is 0. The van der Waals surface area contributed by atoms with Crippen molar-refractivity contribution in [1.82, 2.24) is 0 Å². The molecular formula is C15H28. The maximum absolute atomic E-state index is 2.52. The van der Waals surface area contributed by atoms with Gasteiger partial charge in [0.25, 0.3) is 0 Å². The highest BCUT2D eigenvalue weighted by molar-refractivity contribution is 5.15. The molecule has 88 valence electrons. The van der Waals surface area contributed by atoms with Crippen LogP contribution in [-0.2, 0) is 0 Å². The van der Waals surface area contributed by atoms with Crippen molar-refractivity contribution in [2.75, 3.05) is 0 Å². The van der Waals surface area contributed by atoms with Gasteiger partial charge in [0, 0.05) is 0 Å². The highest BCUT2D eigenvalue weighted by atomic mass is 14.7. The maximum Gasteiger partial charge on any atom is -0.0207 e. The lowest BCUT2D eigenvalue weighted by atomic mass is 9.32. The second kappa shape index (κ2) is 3.79. The van der Waals surface area contributed by atoms with Crippen LogP contribution in [0.1, 0.15) is 60.3 Å². The molecule has 0 aromatic rings. The minimum absolute atomic E-state index is 0.781. The Kier molecular flexibility index (Phi) is 2.90. The lowest BCUT2D eigenvalue weighted by molar-refractivity contribution is -0.243. The Bertz CT molecular complexity index is 222. The van der Waals surface area contributed by atoms with Gasteiger partial charge in [0.15, 0.2) is 0 Å². The van der Waals surface area contributed by atoms with Crippen LogP contribution in [0.15, 0.2) is 0 Å². The molecule has 0 aromatic heterocycles. The van der Waals surface area contributed by atoms with E-state index < -0.39 is 0 Å². The molecule has 2 saturated carbocycles. The van der Waals surface area contributed by atoms with Crippen LogP contribution < -0.4 is 0 Å². The first-order chi connectivity index (χ1) is 7.09. The van der Waals surface area contributed by atoms with Crippen LogP contribution in [0.3, 0.4) is 0 Å². The Morgan fingerprint density at radius 2 is 1.87 bits per heavy atom. The van der Waals surface area contributed by atoms with Crippen molar-refractivity contribution in [3.63, 3.8) is 0 Å². The normalized spacial score (nSPS) is 47.4. The minimum Gasteiger partial charge on any atom is -0.0651 e. The van der Waals surface area contributed by atoms with E-state index in [-0.39, 0.29) is 0 Å². The fourth-order valence-corrected chi connectivity index (χ4v) is 5.05. The zero-order valence-electron chi connectivity index (χ0n) is 11.2. The van der Waals surface area contributed by atoms with Crippen LogP contribution in [0, 0.1) is 35.0 Å². The number of hydrogen-bond donors (Lipinski definition) is 0. The monoisotopic (exact) mass is 208 g/mol. The highest BCUT2D eigenvalue weighted by Crippen LogP contribution is 2.73. The van der Waals surface area contributed by atoms with Gasteiger partial charge < -0.3 is 0 Å². The number of hydrogen-bond acceptors (Lipinski definition) is 0. The SMILES string of the molecule is CCC(C)C1C(C)C2CCC21C(C)CC. The van der Waals surface area contributed by atoms with E-state index in [4.69, 9.17) is 0 Å². The van der Waals surface area contributed by atoms with Crippen molar-refractivity contribution in [2.24, 2.45) is 35.0 Å². The lowest BCUT2D eigenvalue weighted by Gasteiger charge is -2.72. The first-order valence-electron chi connectivity index (χ1n) is 7.09. The Morgan fingerprint density at radius 1 is 1.20 bits per heavy atom. The van der Waals surface area contributed by atoms with Crippen molar-refractivity contribution in [2.45, 2.75) is 60.3 Å². The van der Waals surface area contributed by atoms with Crippen molar-refractivity contribution in [3.8, 4) is 0 Å². The third-order valence-corrected chi connectivity index (χ3v) is 6.19. The zero-order valence-corrected chi connectivity index (χ0v) is 11.2. The molecule has 6 atom stereocenters. The Hall–Kier alpha value is 0. The summed E-state index contributed by atoms with van der Waals surface area (Å²) in [6.45, 7) is 12.3. The second-order valence-electron chi connectivity index (χ2n) is 6.34. The van der Waals surface area contributed by atoms with E-state index in [0.29, 0.717) is 0 Å². The van der Waals surface area contributed by atoms with Crippen LogP contribution in [0.5, 0.6) is 0 Å². The van der Waals surface area contributed by atoms with Crippen molar-refractivity contribution >= 4 is 0 Å². The summed E-state index contributed by atoms with van der Waals surface area (Å²) < 4.78 is 0. The molecule has 0 aliphatic heterocycles. The third-order valence-electron chi connectivity index (χ3n) is 6.19. The van der Waals surface area contributed by atoms with Gasteiger partial charge in [0.2, 0.25) is 0 Å². The maximum atomic E-state index is 2.52. The summed E-state index contributed by atoms with van der Waals surface area (Å²) in [4.78, 5) is 0. The molecule has 0 saturated heterocycles. The first kappa shape index (κ1) is 11.5.